The molecular weight excluding hydrogens is 392 g/mol. The predicted octanol–water partition coefficient (Wildman–Crippen LogP) is 1.30. The fourth-order valence-corrected chi connectivity index (χ4v) is 4.75. The lowest BCUT2D eigenvalue weighted by atomic mass is 10.5. The van der Waals surface area contributed by atoms with Crippen molar-refractivity contribution in [2.45, 2.75) is 17.7 Å². The van der Waals surface area contributed by atoms with Crippen LogP contribution in [0.25, 0.3) is 0 Å². The lowest BCUT2D eigenvalue weighted by Crippen LogP contribution is -2.41. The molecule has 0 saturated heterocycles. The van der Waals surface area contributed by atoms with Gasteiger partial charge >= 0.3 is 0 Å². The molecule has 8 nitrogen and oxygen atoms in total. The molecule has 11 heteroatoms. The molecule has 0 fully saturated rings. The van der Waals surface area contributed by atoms with E-state index in [4.69, 9.17) is 0 Å². The Morgan fingerprint density at radius 1 is 1.27 bits per heavy atom. The largest absolute Gasteiger partial charge is 0.357 e. The summed E-state index contributed by atoms with van der Waals surface area (Å²) in [5, 5.41) is 10.9. The van der Waals surface area contributed by atoms with Crippen LogP contribution < -0.4 is 20.3 Å². The normalized spacial score (nSPS) is 12.2. The molecule has 2 aromatic rings. The second-order valence-electron chi connectivity index (χ2n) is 5.47. The highest BCUT2D eigenvalue weighted by Crippen LogP contribution is 2.18. The van der Waals surface area contributed by atoms with E-state index in [2.05, 4.69) is 25.3 Å². The third-order valence-electron chi connectivity index (χ3n) is 3.14. The molecule has 2 rings (SSSR count). The van der Waals surface area contributed by atoms with Crippen LogP contribution in [0.1, 0.15) is 12.6 Å². The highest BCUT2D eigenvalue weighted by molar-refractivity contribution is 7.91. The molecule has 0 aliphatic rings. The summed E-state index contributed by atoms with van der Waals surface area (Å²) in [7, 11) is 0.473. The van der Waals surface area contributed by atoms with E-state index >= 15 is 0 Å². The van der Waals surface area contributed by atoms with Crippen LogP contribution in [-0.4, -0.2) is 53.1 Å². The minimum Gasteiger partial charge on any atom is -0.357 e. The monoisotopic (exact) mass is 416 g/mol. The van der Waals surface area contributed by atoms with Crippen molar-refractivity contribution in [1.29, 1.82) is 0 Å². The molecular formula is C15H24N6O2S3. The first-order chi connectivity index (χ1) is 12.4. The second-order valence-corrected chi connectivity index (χ2v) is 9.25. The average Bonchev–Trinajstić information content (AvgIpc) is 3.28. The first-order valence-electron chi connectivity index (χ1n) is 8.09. The minimum atomic E-state index is -3.43. The summed E-state index contributed by atoms with van der Waals surface area (Å²) in [5.41, 5.74) is 0.898. The fourth-order valence-electron chi connectivity index (χ4n) is 1.93. The van der Waals surface area contributed by atoms with Gasteiger partial charge in [0.15, 0.2) is 11.1 Å². The number of hydrogen-bond donors (Lipinski definition) is 3. The lowest BCUT2D eigenvalue weighted by Gasteiger charge is -2.11. The Balaban J connectivity index is 1.83. The number of thiazole rings is 1. The van der Waals surface area contributed by atoms with Gasteiger partial charge in [0.05, 0.1) is 12.2 Å². The summed E-state index contributed by atoms with van der Waals surface area (Å²) in [6.45, 7) is 3.85. The molecule has 2 heterocycles. The van der Waals surface area contributed by atoms with Gasteiger partial charge in [0.1, 0.15) is 4.21 Å². The van der Waals surface area contributed by atoms with E-state index in [1.165, 1.54) is 11.3 Å². The average molecular weight is 417 g/mol. The number of sulfonamides is 1. The van der Waals surface area contributed by atoms with Crippen LogP contribution in [0.2, 0.25) is 0 Å². The van der Waals surface area contributed by atoms with Crippen LogP contribution in [0, 0.1) is 0 Å². The van der Waals surface area contributed by atoms with Gasteiger partial charge in [-0.25, -0.2) is 23.1 Å². The quantitative estimate of drug-likeness (QED) is 0.324. The van der Waals surface area contributed by atoms with E-state index in [-0.39, 0.29) is 6.54 Å². The summed E-state index contributed by atoms with van der Waals surface area (Å²) in [6.07, 6.45) is 0. The lowest BCUT2D eigenvalue weighted by molar-refractivity contribution is 0.582. The summed E-state index contributed by atoms with van der Waals surface area (Å²) < 4.78 is 27.0. The van der Waals surface area contributed by atoms with Gasteiger partial charge in [-0.1, -0.05) is 6.07 Å². The molecule has 0 atom stereocenters. The van der Waals surface area contributed by atoms with Gasteiger partial charge in [-0.3, -0.25) is 0 Å². The molecule has 3 N–H and O–H groups in total. The van der Waals surface area contributed by atoms with Gasteiger partial charge in [0, 0.05) is 39.1 Å². The van der Waals surface area contributed by atoms with Crippen molar-refractivity contribution in [1.82, 2.24) is 20.3 Å². The number of guanidine groups is 1. The van der Waals surface area contributed by atoms with Crippen molar-refractivity contribution in [3.05, 3.63) is 28.6 Å². The second kappa shape index (κ2) is 9.86. The molecule has 0 spiro atoms. The number of nitrogens with one attached hydrogen (secondary N) is 3. The summed E-state index contributed by atoms with van der Waals surface area (Å²) in [6, 6.07) is 3.30. The predicted molar refractivity (Wildman–Crippen MR) is 109 cm³/mol. The van der Waals surface area contributed by atoms with Crippen LogP contribution in [0.4, 0.5) is 5.13 Å². The van der Waals surface area contributed by atoms with E-state index in [1.807, 2.05) is 31.3 Å². The molecule has 0 aliphatic heterocycles. The zero-order valence-corrected chi connectivity index (χ0v) is 17.5. The van der Waals surface area contributed by atoms with Gasteiger partial charge in [0.2, 0.25) is 10.0 Å². The number of thiophene rings is 1. The fraction of sp³-hybridized carbons (Fsp3) is 0.467. The molecule has 0 aliphatic carbocycles. The topological polar surface area (TPSA) is 98.7 Å². The molecule has 0 radical (unpaired) electrons. The highest BCUT2D eigenvalue weighted by atomic mass is 32.2. The number of nitrogens with zero attached hydrogens (tertiary/aromatic N) is 3. The van der Waals surface area contributed by atoms with E-state index in [1.54, 1.807) is 28.8 Å². The zero-order chi connectivity index (χ0) is 19.0. The molecule has 2 aromatic heterocycles. The molecule has 0 bridgehead atoms. The molecule has 144 valence electrons. The van der Waals surface area contributed by atoms with Gasteiger partial charge < -0.3 is 15.5 Å². The molecule has 0 saturated carbocycles. The first-order valence-corrected chi connectivity index (χ1v) is 11.3. The Hall–Kier alpha value is -1.69. The maximum absolute atomic E-state index is 12.0. The Morgan fingerprint density at radius 3 is 2.69 bits per heavy atom. The zero-order valence-electron chi connectivity index (χ0n) is 15.0. The van der Waals surface area contributed by atoms with Crippen molar-refractivity contribution in [2.75, 3.05) is 38.6 Å². The van der Waals surface area contributed by atoms with Gasteiger partial charge in [-0.05, 0) is 18.4 Å². The molecule has 0 amide bonds. The van der Waals surface area contributed by atoms with Crippen molar-refractivity contribution in [3.63, 3.8) is 0 Å². The van der Waals surface area contributed by atoms with Crippen molar-refractivity contribution in [3.8, 4) is 0 Å². The van der Waals surface area contributed by atoms with Crippen LogP contribution in [-0.2, 0) is 16.6 Å². The van der Waals surface area contributed by atoms with Crippen molar-refractivity contribution in [2.24, 2.45) is 4.99 Å². The third-order valence-corrected chi connectivity index (χ3v) is 7.05. The van der Waals surface area contributed by atoms with Crippen molar-refractivity contribution >= 4 is 43.8 Å². The molecule has 0 unspecified atom stereocenters. The summed E-state index contributed by atoms with van der Waals surface area (Å²) in [4.78, 5) is 10.9. The molecule has 0 aromatic carbocycles. The Bertz CT molecular complexity index is 799. The Kier molecular flexibility index (Phi) is 7.82. The highest BCUT2D eigenvalue weighted by Gasteiger charge is 2.13. The SMILES string of the molecule is CCNC(=NCc1csc(N(C)C)n1)NCCNS(=O)(=O)c1cccs1. The minimum absolute atomic E-state index is 0.270. The van der Waals surface area contributed by atoms with Crippen LogP contribution in [0.15, 0.2) is 32.1 Å². The Labute approximate surface area is 162 Å². The van der Waals surface area contributed by atoms with Gasteiger partial charge in [-0.2, -0.15) is 0 Å². The number of aromatic nitrogens is 1. The third kappa shape index (κ3) is 6.24. The maximum Gasteiger partial charge on any atom is 0.250 e. The first kappa shape index (κ1) is 20.6. The molecule has 26 heavy (non-hydrogen) atoms. The maximum atomic E-state index is 12.0. The van der Waals surface area contributed by atoms with E-state index in [0.717, 1.165) is 10.8 Å². The Morgan fingerprint density at radius 2 is 2.08 bits per heavy atom. The smallest absolute Gasteiger partial charge is 0.250 e. The number of anilines is 1. The summed E-state index contributed by atoms with van der Waals surface area (Å²) >= 11 is 2.77. The van der Waals surface area contributed by atoms with Gasteiger partial charge in [0.25, 0.3) is 0 Å². The van der Waals surface area contributed by atoms with Crippen LogP contribution >= 0.6 is 22.7 Å². The van der Waals surface area contributed by atoms with Gasteiger partial charge in [-0.15, -0.1) is 22.7 Å². The van der Waals surface area contributed by atoms with E-state index in [0.29, 0.717) is 29.8 Å². The summed E-state index contributed by atoms with van der Waals surface area (Å²) in [5.74, 6) is 0.627. The number of hydrogen-bond acceptors (Lipinski definition) is 7. The van der Waals surface area contributed by atoms with Crippen molar-refractivity contribution < 1.29 is 8.42 Å². The van der Waals surface area contributed by atoms with E-state index in [9.17, 15) is 8.42 Å². The van der Waals surface area contributed by atoms with Crippen LogP contribution in [0.5, 0.6) is 0 Å². The van der Waals surface area contributed by atoms with E-state index < -0.39 is 10.0 Å². The number of rotatable bonds is 9. The van der Waals surface area contributed by atoms with Crippen LogP contribution in [0.3, 0.4) is 0 Å². The number of aliphatic imine (C=N–C) groups is 1. The standard InChI is InChI=1S/C15H24N6O2S3/c1-4-16-14(18-10-12-11-25-15(20-12)21(2)3)17-7-8-19-26(22,23)13-6-5-9-24-13/h5-6,9,11,19H,4,7-8,10H2,1-3H3,(H2,16,17,18).